The van der Waals surface area contributed by atoms with Gasteiger partial charge in [-0.15, -0.1) is 0 Å². The minimum absolute atomic E-state index is 0.168. The first-order valence-electron chi connectivity index (χ1n) is 5.97. The average Bonchev–Trinajstić information content (AvgIpc) is 2.14. The van der Waals surface area contributed by atoms with Gasteiger partial charge in [0.2, 0.25) is 0 Å². The van der Waals surface area contributed by atoms with Crippen molar-refractivity contribution in [3.8, 4) is 0 Å². The number of hydrogen-bond donors (Lipinski definition) is 0. The third-order valence-corrected chi connectivity index (χ3v) is 4.59. The summed E-state index contributed by atoms with van der Waals surface area (Å²) in [6.45, 7) is 6.99. The maximum Gasteiger partial charge on any atom is 0.139 e. The van der Waals surface area contributed by atoms with E-state index in [2.05, 4.69) is 20.8 Å². The maximum atomic E-state index is 11.6. The molecule has 0 radical (unpaired) electrons. The van der Waals surface area contributed by atoms with E-state index >= 15 is 0 Å². The fourth-order valence-corrected chi connectivity index (χ4v) is 3.15. The average molecular weight is 194 g/mol. The van der Waals surface area contributed by atoms with Crippen LogP contribution in [0.2, 0.25) is 0 Å². The van der Waals surface area contributed by atoms with Crippen LogP contribution in [0.15, 0.2) is 0 Å². The third kappa shape index (κ3) is 1.51. The Morgan fingerprint density at radius 1 is 1.14 bits per heavy atom. The molecule has 2 aliphatic carbocycles. The van der Waals surface area contributed by atoms with E-state index in [4.69, 9.17) is 0 Å². The lowest BCUT2D eigenvalue weighted by molar-refractivity contribution is -0.142. The summed E-state index contributed by atoms with van der Waals surface area (Å²) in [5, 5.41) is 0. The monoisotopic (exact) mass is 194 g/mol. The highest BCUT2D eigenvalue weighted by Gasteiger charge is 2.48. The predicted molar refractivity (Wildman–Crippen MR) is 58.1 cm³/mol. The van der Waals surface area contributed by atoms with Crippen molar-refractivity contribution in [2.45, 2.75) is 59.3 Å². The van der Waals surface area contributed by atoms with Crippen LogP contribution < -0.4 is 0 Å². The molecule has 1 spiro atoms. The Labute approximate surface area is 87.3 Å². The topological polar surface area (TPSA) is 17.1 Å². The molecule has 2 saturated carbocycles. The summed E-state index contributed by atoms with van der Waals surface area (Å²) in [7, 11) is 0. The van der Waals surface area contributed by atoms with E-state index in [-0.39, 0.29) is 5.41 Å². The molecule has 0 unspecified atom stereocenters. The van der Waals surface area contributed by atoms with Crippen LogP contribution in [-0.4, -0.2) is 5.78 Å². The fourth-order valence-electron chi connectivity index (χ4n) is 3.15. The first-order chi connectivity index (χ1) is 6.44. The van der Waals surface area contributed by atoms with E-state index in [9.17, 15) is 4.79 Å². The molecule has 1 heteroatoms. The molecule has 0 aromatic carbocycles. The van der Waals surface area contributed by atoms with Crippen LogP contribution >= 0.6 is 0 Å². The van der Waals surface area contributed by atoms with Crippen molar-refractivity contribution in [1.29, 1.82) is 0 Å². The highest BCUT2D eigenvalue weighted by atomic mass is 16.1. The summed E-state index contributed by atoms with van der Waals surface area (Å²) in [5.74, 6) is 1.39. The largest absolute Gasteiger partial charge is 0.299 e. The van der Waals surface area contributed by atoms with Crippen molar-refractivity contribution in [2.75, 3.05) is 0 Å². The summed E-state index contributed by atoms with van der Waals surface area (Å²) in [5.41, 5.74) is 0.607. The Bertz CT molecular complexity index is 238. The molecule has 0 aromatic heterocycles. The quantitative estimate of drug-likeness (QED) is 0.576. The minimum atomic E-state index is 0.168. The van der Waals surface area contributed by atoms with Crippen LogP contribution in [0.5, 0.6) is 0 Å². The molecule has 1 nitrogen and oxygen atoms in total. The maximum absolute atomic E-state index is 11.6. The SMILES string of the molecule is CC(C)(C)C1CCC2(CCC2=O)CC1. The van der Waals surface area contributed by atoms with Gasteiger partial charge in [0.1, 0.15) is 5.78 Å². The van der Waals surface area contributed by atoms with E-state index in [1.54, 1.807) is 0 Å². The van der Waals surface area contributed by atoms with Gasteiger partial charge in [0.15, 0.2) is 0 Å². The van der Waals surface area contributed by atoms with Gasteiger partial charge >= 0.3 is 0 Å². The zero-order valence-electron chi connectivity index (χ0n) is 9.73. The van der Waals surface area contributed by atoms with Gasteiger partial charge < -0.3 is 0 Å². The van der Waals surface area contributed by atoms with Crippen molar-refractivity contribution in [1.82, 2.24) is 0 Å². The second kappa shape index (κ2) is 3.08. The molecule has 0 atom stereocenters. The highest BCUT2D eigenvalue weighted by molar-refractivity contribution is 5.90. The highest BCUT2D eigenvalue weighted by Crippen LogP contribution is 2.52. The van der Waals surface area contributed by atoms with E-state index in [1.165, 1.54) is 32.1 Å². The number of carbonyl (C=O) groups excluding carboxylic acids is 1. The molecule has 2 fully saturated rings. The van der Waals surface area contributed by atoms with Gasteiger partial charge in [-0.3, -0.25) is 4.79 Å². The molecular formula is C13H22O. The van der Waals surface area contributed by atoms with Gasteiger partial charge in [-0.05, 0) is 43.4 Å². The van der Waals surface area contributed by atoms with Crippen molar-refractivity contribution >= 4 is 5.78 Å². The molecule has 0 amide bonds. The zero-order chi connectivity index (χ0) is 10.4. The molecule has 0 N–H and O–H groups in total. The van der Waals surface area contributed by atoms with Gasteiger partial charge in [0.25, 0.3) is 0 Å². The number of ketones is 1. The van der Waals surface area contributed by atoms with Crippen molar-refractivity contribution in [3.63, 3.8) is 0 Å². The molecule has 2 rings (SSSR count). The van der Waals surface area contributed by atoms with Crippen molar-refractivity contribution < 1.29 is 4.79 Å². The van der Waals surface area contributed by atoms with Gasteiger partial charge in [0, 0.05) is 11.8 Å². The first kappa shape index (κ1) is 10.2. The van der Waals surface area contributed by atoms with Crippen LogP contribution in [0.25, 0.3) is 0 Å². The Hall–Kier alpha value is -0.330. The van der Waals surface area contributed by atoms with Crippen molar-refractivity contribution in [2.24, 2.45) is 16.7 Å². The van der Waals surface area contributed by atoms with Gasteiger partial charge in [-0.25, -0.2) is 0 Å². The van der Waals surface area contributed by atoms with E-state index in [0.29, 0.717) is 11.2 Å². The third-order valence-electron chi connectivity index (χ3n) is 4.59. The Morgan fingerprint density at radius 2 is 1.71 bits per heavy atom. The lowest BCUT2D eigenvalue weighted by atomic mass is 9.56. The summed E-state index contributed by atoms with van der Waals surface area (Å²) < 4.78 is 0. The second-order valence-corrected chi connectivity index (χ2v) is 6.34. The lowest BCUT2D eigenvalue weighted by Crippen LogP contribution is -2.44. The Morgan fingerprint density at radius 3 is 2.00 bits per heavy atom. The Balaban J connectivity index is 1.96. The summed E-state index contributed by atoms with van der Waals surface area (Å²) in [6.07, 6.45) is 6.94. The van der Waals surface area contributed by atoms with Gasteiger partial charge in [0.05, 0.1) is 0 Å². The smallest absolute Gasteiger partial charge is 0.139 e. The first-order valence-corrected chi connectivity index (χ1v) is 5.97. The van der Waals surface area contributed by atoms with Gasteiger partial charge in [-0.1, -0.05) is 20.8 Å². The molecule has 80 valence electrons. The molecule has 0 saturated heterocycles. The van der Waals surface area contributed by atoms with E-state index in [1.807, 2.05) is 0 Å². The van der Waals surface area contributed by atoms with Crippen LogP contribution in [0.1, 0.15) is 59.3 Å². The molecule has 14 heavy (non-hydrogen) atoms. The zero-order valence-corrected chi connectivity index (χ0v) is 9.73. The molecule has 0 heterocycles. The number of carbonyl (C=O) groups is 1. The number of Topliss-reactive ketones (excluding diaryl/α,β-unsaturated/α-hetero) is 1. The van der Waals surface area contributed by atoms with Crippen LogP contribution in [-0.2, 0) is 4.79 Å². The van der Waals surface area contributed by atoms with Crippen molar-refractivity contribution in [3.05, 3.63) is 0 Å². The molecular weight excluding hydrogens is 172 g/mol. The van der Waals surface area contributed by atoms with Crippen LogP contribution in [0.3, 0.4) is 0 Å². The van der Waals surface area contributed by atoms with E-state index in [0.717, 1.165) is 12.3 Å². The summed E-state index contributed by atoms with van der Waals surface area (Å²) >= 11 is 0. The van der Waals surface area contributed by atoms with E-state index < -0.39 is 0 Å². The second-order valence-electron chi connectivity index (χ2n) is 6.34. The molecule has 2 aliphatic rings. The molecule has 0 bridgehead atoms. The van der Waals surface area contributed by atoms with Crippen LogP contribution in [0, 0.1) is 16.7 Å². The summed E-state index contributed by atoms with van der Waals surface area (Å²) in [4.78, 5) is 11.6. The minimum Gasteiger partial charge on any atom is -0.299 e. The normalized spacial score (nSPS) is 38.5. The summed E-state index contributed by atoms with van der Waals surface area (Å²) in [6, 6.07) is 0. The van der Waals surface area contributed by atoms with Crippen LogP contribution in [0.4, 0.5) is 0 Å². The standard InChI is InChI=1S/C13H22O/c1-12(2,3)10-4-7-13(8-5-10)9-6-11(13)14/h10H,4-9H2,1-3H3. The molecule has 0 aliphatic heterocycles. The Kier molecular flexibility index (Phi) is 2.24. The van der Waals surface area contributed by atoms with Gasteiger partial charge in [-0.2, -0.15) is 0 Å². The predicted octanol–water partition coefficient (Wildman–Crippen LogP) is 3.57. The fraction of sp³-hybridized carbons (Fsp3) is 0.923. The lowest BCUT2D eigenvalue weighted by Gasteiger charge is -2.47. The number of hydrogen-bond acceptors (Lipinski definition) is 1. The molecule has 0 aromatic rings. The number of rotatable bonds is 0.